The minimum atomic E-state index is 0.144. The van der Waals surface area contributed by atoms with Crippen LogP contribution in [0.1, 0.15) is 35.1 Å². The van der Waals surface area contributed by atoms with Crippen LogP contribution in [0.4, 0.5) is 11.5 Å². The molecule has 1 aliphatic carbocycles. The second-order valence-electron chi connectivity index (χ2n) is 5.69. The molecule has 1 aliphatic rings. The molecule has 1 saturated carbocycles. The fourth-order valence-corrected chi connectivity index (χ4v) is 3.45. The summed E-state index contributed by atoms with van der Waals surface area (Å²) < 4.78 is 0. The van der Waals surface area contributed by atoms with E-state index in [4.69, 9.17) is 5.11 Å². The molecule has 0 bridgehead atoms. The van der Waals surface area contributed by atoms with Crippen molar-refractivity contribution in [1.82, 2.24) is 9.97 Å². The maximum atomic E-state index is 8.95. The quantitative estimate of drug-likeness (QED) is 0.822. The molecule has 2 aromatic heterocycles. The molecule has 0 spiro atoms. The van der Waals surface area contributed by atoms with Crippen molar-refractivity contribution in [3.8, 4) is 0 Å². The first-order valence-corrected chi connectivity index (χ1v) is 8.54. The van der Waals surface area contributed by atoms with Gasteiger partial charge < -0.3 is 15.3 Å². The zero-order valence-electron chi connectivity index (χ0n) is 12.8. The van der Waals surface area contributed by atoms with Crippen molar-refractivity contribution >= 4 is 22.8 Å². The Morgan fingerprint density at radius 1 is 1.32 bits per heavy atom. The van der Waals surface area contributed by atoms with Gasteiger partial charge in [0.25, 0.3) is 0 Å². The lowest BCUT2D eigenvalue weighted by molar-refractivity contribution is 0.304. The Morgan fingerprint density at radius 2 is 2.18 bits per heavy atom. The number of thiazole rings is 1. The summed E-state index contributed by atoms with van der Waals surface area (Å²) in [5.41, 5.74) is 1.00. The van der Waals surface area contributed by atoms with Crippen LogP contribution in [-0.2, 0) is 6.54 Å². The third-order valence-electron chi connectivity index (χ3n) is 4.09. The largest absolute Gasteiger partial charge is 0.395 e. The first-order valence-electron chi connectivity index (χ1n) is 7.73. The van der Waals surface area contributed by atoms with Gasteiger partial charge >= 0.3 is 0 Å². The van der Waals surface area contributed by atoms with Gasteiger partial charge in [-0.1, -0.05) is 6.42 Å². The Morgan fingerprint density at radius 3 is 2.82 bits per heavy atom. The highest BCUT2D eigenvalue weighted by Crippen LogP contribution is 2.38. The third-order valence-corrected chi connectivity index (χ3v) is 5.25. The second kappa shape index (κ2) is 7.07. The predicted molar refractivity (Wildman–Crippen MR) is 90.6 cm³/mol. The molecule has 0 atom stereocenters. The zero-order chi connectivity index (χ0) is 15.4. The van der Waals surface area contributed by atoms with Crippen molar-refractivity contribution in [1.29, 1.82) is 0 Å². The number of pyridine rings is 1. The van der Waals surface area contributed by atoms with Gasteiger partial charge in [0.05, 0.1) is 30.0 Å². The van der Waals surface area contributed by atoms with Crippen molar-refractivity contribution in [3.63, 3.8) is 0 Å². The van der Waals surface area contributed by atoms with Crippen LogP contribution >= 0.6 is 11.3 Å². The van der Waals surface area contributed by atoms with E-state index in [0.29, 0.717) is 12.5 Å². The number of hydrogen-bond acceptors (Lipinski definition) is 6. The normalized spacial score (nSPS) is 14.6. The number of nitrogens with one attached hydrogen (secondary N) is 1. The Kier molecular flexibility index (Phi) is 4.90. The predicted octanol–water partition coefficient (Wildman–Crippen LogP) is 2.85. The number of hydrogen-bond donors (Lipinski definition) is 2. The molecule has 0 radical (unpaired) electrons. The number of aliphatic hydroxyl groups excluding tert-OH is 1. The maximum absolute atomic E-state index is 8.95. The van der Waals surface area contributed by atoms with Crippen LogP contribution in [0.5, 0.6) is 0 Å². The fraction of sp³-hybridized carbons (Fsp3) is 0.500. The average Bonchev–Trinajstić information content (AvgIpc) is 2.92. The SMILES string of the molecule is CN(CCO)c1ccc(NCc2cnc(C3CCC3)s2)nc1. The summed E-state index contributed by atoms with van der Waals surface area (Å²) in [6.07, 6.45) is 7.74. The summed E-state index contributed by atoms with van der Waals surface area (Å²) in [7, 11) is 1.94. The van der Waals surface area contributed by atoms with E-state index >= 15 is 0 Å². The smallest absolute Gasteiger partial charge is 0.126 e. The van der Waals surface area contributed by atoms with Crippen molar-refractivity contribution in [2.45, 2.75) is 31.7 Å². The molecule has 6 heteroatoms. The number of rotatable bonds is 7. The summed E-state index contributed by atoms with van der Waals surface area (Å²) in [5, 5.41) is 13.6. The summed E-state index contributed by atoms with van der Waals surface area (Å²) in [5.74, 6) is 1.57. The van der Waals surface area contributed by atoms with Gasteiger partial charge in [-0.3, -0.25) is 0 Å². The molecule has 3 rings (SSSR count). The molecular formula is C16H22N4OS. The minimum absolute atomic E-state index is 0.144. The van der Waals surface area contributed by atoms with Crippen molar-refractivity contribution in [3.05, 3.63) is 34.4 Å². The van der Waals surface area contributed by atoms with Gasteiger partial charge in [-0.15, -0.1) is 11.3 Å². The maximum Gasteiger partial charge on any atom is 0.126 e. The van der Waals surface area contributed by atoms with E-state index < -0.39 is 0 Å². The summed E-state index contributed by atoms with van der Waals surface area (Å²) >= 11 is 1.81. The first kappa shape index (κ1) is 15.2. The molecule has 0 unspecified atom stereocenters. The molecule has 0 aliphatic heterocycles. The number of likely N-dealkylation sites (N-methyl/N-ethyl adjacent to an activating group) is 1. The van der Waals surface area contributed by atoms with E-state index in [0.717, 1.165) is 18.1 Å². The molecule has 2 N–H and O–H groups in total. The summed E-state index contributed by atoms with van der Waals surface area (Å²) in [6, 6.07) is 3.98. The monoisotopic (exact) mass is 318 g/mol. The number of nitrogens with zero attached hydrogens (tertiary/aromatic N) is 3. The Bertz CT molecular complexity index is 594. The van der Waals surface area contributed by atoms with Crippen LogP contribution < -0.4 is 10.2 Å². The van der Waals surface area contributed by atoms with Crippen LogP contribution in [-0.4, -0.2) is 35.3 Å². The molecule has 118 valence electrons. The molecule has 2 heterocycles. The standard InChI is InChI=1S/C16H22N4OS/c1-20(7-8-21)13-5-6-15(17-9-13)18-10-14-11-19-16(22-14)12-3-2-4-12/h5-6,9,11-12,21H,2-4,7-8,10H2,1H3,(H,17,18). The summed E-state index contributed by atoms with van der Waals surface area (Å²) in [6.45, 7) is 1.52. The van der Waals surface area contributed by atoms with E-state index in [9.17, 15) is 0 Å². The van der Waals surface area contributed by atoms with Crippen LogP contribution in [0.3, 0.4) is 0 Å². The number of aliphatic hydroxyl groups is 1. The van der Waals surface area contributed by atoms with Crippen LogP contribution in [0.15, 0.2) is 24.5 Å². The molecule has 1 fully saturated rings. The van der Waals surface area contributed by atoms with E-state index in [1.54, 1.807) is 0 Å². The van der Waals surface area contributed by atoms with E-state index in [1.165, 1.54) is 29.1 Å². The Hall–Kier alpha value is -1.66. The molecule has 5 nitrogen and oxygen atoms in total. The number of anilines is 2. The van der Waals surface area contributed by atoms with Crippen LogP contribution in [0, 0.1) is 0 Å². The van der Waals surface area contributed by atoms with Crippen molar-refractivity contribution in [2.24, 2.45) is 0 Å². The van der Waals surface area contributed by atoms with Gasteiger partial charge in [0, 0.05) is 30.6 Å². The van der Waals surface area contributed by atoms with Gasteiger partial charge in [0.2, 0.25) is 0 Å². The van der Waals surface area contributed by atoms with Gasteiger partial charge in [-0.05, 0) is 25.0 Å². The second-order valence-corrected chi connectivity index (χ2v) is 6.84. The van der Waals surface area contributed by atoms with Gasteiger partial charge in [0.15, 0.2) is 0 Å². The highest BCUT2D eigenvalue weighted by atomic mass is 32.1. The van der Waals surface area contributed by atoms with E-state index in [2.05, 4.69) is 15.3 Å². The lowest BCUT2D eigenvalue weighted by atomic mass is 9.86. The molecule has 0 saturated heterocycles. The highest BCUT2D eigenvalue weighted by molar-refractivity contribution is 7.11. The number of aromatic nitrogens is 2. The van der Waals surface area contributed by atoms with Crippen LogP contribution in [0.2, 0.25) is 0 Å². The lowest BCUT2D eigenvalue weighted by Gasteiger charge is -2.22. The molecule has 2 aromatic rings. The van der Waals surface area contributed by atoms with Crippen LogP contribution in [0.25, 0.3) is 0 Å². The topological polar surface area (TPSA) is 61.3 Å². The molecule has 0 amide bonds. The third kappa shape index (κ3) is 3.56. The lowest BCUT2D eigenvalue weighted by Crippen LogP contribution is -2.21. The minimum Gasteiger partial charge on any atom is -0.395 e. The zero-order valence-corrected chi connectivity index (χ0v) is 13.6. The van der Waals surface area contributed by atoms with Gasteiger partial charge in [-0.25, -0.2) is 9.97 Å². The highest BCUT2D eigenvalue weighted by Gasteiger charge is 2.22. The molecular weight excluding hydrogens is 296 g/mol. The average molecular weight is 318 g/mol. The molecule has 0 aromatic carbocycles. The van der Waals surface area contributed by atoms with Crippen molar-refractivity contribution in [2.75, 3.05) is 30.4 Å². The molecule has 22 heavy (non-hydrogen) atoms. The van der Waals surface area contributed by atoms with Gasteiger partial charge in [-0.2, -0.15) is 0 Å². The Balaban J connectivity index is 1.53. The van der Waals surface area contributed by atoms with Gasteiger partial charge in [0.1, 0.15) is 5.82 Å². The first-order chi connectivity index (χ1) is 10.8. The Labute approximate surface area is 135 Å². The summed E-state index contributed by atoms with van der Waals surface area (Å²) in [4.78, 5) is 12.2. The van der Waals surface area contributed by atoms with Crippen molar-refractivity contribution < 1.29 is 5.11 Å². The van der Waals surface area contributed by atoms with E-state index in [-0.39, 0.29) is 6.61 Å². The van der Waals surface area contributed by atoms with E-state index in [1.807, 2.05) is 47.8 Å². The fourth-order valence-electron chi connectivity index (χ4n) is 2.42.